The van der Waals surface area contributed by atoms with Gasteiger partial charge in [-0.3, -0.25) is 0 Å². The Bertz CT molecular complexity index is 421. The highest BCUT2D eigenvalue weighted by Gasteiger charge is 2.52. The highest BCUT2D eigenvalue weighted by atomic mass is 14.9. The van der Waals surface area contributed by atoms with Crippen molar-refractivity contribution in [2.75, 3.05) is 0 Å². The van der Waals surface area contributed by atoms with Crippen LogP contribution in [0.3, 0.4) is 0 Å². The highest BCUT2D eigenvalue weighted by molar-refractivity contribution is 5.25. The van der Waals surface area contributed by atoms with Crippen LogP contribution in [0.15, 0.2) is 24.3 Å². The highest BCUT2D eigenvalue weighted by Crippen LogP contribution is 2.59. The van der Waals surface area contributed by atoms with Gasteiger partial charge in [0.05, 0.1) is 0 Å². The molecule has 0 amide bonds. The van der Waals surface area contributed by atoms with Gasteiger partial charge in [-0.05, 0) is 54.6 Å². The predicted octanol–water partition coefficient (Wildman–Crippen LogP) is 3.91. The first-order valence-electron chi connectivity index (χ1n) is 7.35. The second-order valence-corrected chi connectivity index (χ2v) is 6.93. The third kappa shape index (κ3) is 1.99. The zero-order valence-corrected chi connectivity index (χ0v) is 11.9. The summed E-state index contributed by atoms with van der Waals surface area (Å²) in [5.41, 5.74) is 3.49. The zero-order chi connectivity index (χ0) is 12.8. The van der Waals surface area contributed by atoms with Gasteiger partial charge >= 0.3 is 0 Å². The summed E-state index contributed by atoms with van der Waals surface area (Å²) in [5, 5.41) is 3.78. The fourth-order valence-electron chi connectivity index (χ4n) is 3.94. The van der Waals surface area contributed by atoms with Crippen LogP contribution in [0.4, 0.5) is 0 Å². The molecule has 1 aromatic carbocycles. The molecule has 3 fully saturated rings. The van der Waals surface area contributed by atoms with E-state index < -0.39 is 0 Å². The van der Waals surface area contributed by atoms with Gasteiger partial charge in [-0.1, -0.05) is 38.1 Å². The summed E-state index contributed by atoms with van der Waals surface area (Å²) in [7, 11) is 0. The molecule has 1 aromatic rings. The van der Waals surface area contributed by atoms with Crippen molar-refractivity contribution in [2.24, 2.45) is 17.3 Å². The van der Waals surface area contributed by atoms with Crippen LogP contribution in [0.5, 0.6) is 0 Å². The standard InChI is InChI=1S/C17H25N/c1-12-6-4-5-7-13(12)11-18-16-9-14-8-15(10-16)17(14,2)3/h4-7,14-16,18H,8-11H2,1-3H3. The maximum absolute atomic E-state index is 3.78. The predicted molar refractivity (Wildman–Crippen MR) is 76.4 cm³/mol. The van der Waals surface area contributed by atoms with Crippen LogP contribution in [-0.2, 0) is 6.54 Å². The van der Waals surface area contributed by atoms with Crippen molar-refractivity contribution >= 4 is 0 Å². The van der Waals surface area contributed by atoms with E-state index in [0.29, 0.717) is 5.41 Å². The smallest absolute Gasteiger partial charge is 0.0210 e. The molecule has 18 heavy (non-hydrogen) atoms. The van der Waals surface area contributed by atoms with Gasteiger partial charge in [0.2, 0.25) is 0 Å². The minimum absolute atomic E-state index is 0.626. The molecule has 0 radical (unpaired) electrons. The summed E-state index contributed by atoms with van der Waals surface area (Å²) in [5.74, 6) is 1.93. The summed E-state index contributed by atoms with van der Waals surface area (Å²) in [6, 6.07) is 9.47. The van der Waals surface area contributed by atoms with E-state index in [-0.39, 0.29) is 0 Å². The molecule has 0 heterocycles. The average Bonchev–Trinajstić information content (AvgIpc) is 2.38. The SMILES string of the molecule is Cc1ccccc1CNC1CC2CC(C1)C2(C)C. The van der Waals surface area contributed by atoms with Gasteiger partial charge in [0.1, 0.15) is 0 Å². The van der Waals surface area contributed by atoms with Crippen molar-refractivity contribution in [2.45, 2.75) is 52.6 Å². The normalized spacial score (nSPS) is 32.9. The van der Waals surface area contributed by atoms with E-state index >= 15 is 0 Å². The Morgan fingerprint density at radius 3 is 2.39 bits per heavy atom. The number of hydrogen-bond donors (Lipinski definition) is 1. The molecule has 1 heteroatoms. The minimum atomic E-state index is 0.626. The molecule has 2 atom stereocenters. The summed E-state index contributed by atoms with van der Waals surface area (Å²) < 4.78 is 0. The molecule has 98 valence electrons. The lowest BCUT2D eigenvalue weighted by atomic mass is 9.48. The van der Waals surface area contributed by atoms with E-state index in [9.17, 15) is 0 Å². The van der Waals surface area contributed by atoms with E-state index in [2.05, 4.69) is 50.4 Å². The third-order valence-corrected chi connectivity index (χ3v) is 5.65. The zero-order valence-electron chi connectivity index (χ0n) is 11.9. The van der Waals surface area contributed by atoms with Crippen LogP contribution in [0, 0.1) is 24.2 Å². The Kier molecular flexibility index (Phi) is 2.97. The molecule has 2 unspecified atom stereocenters. The summed E-state index contributed by atoms with van der Waals surface area (Å²) in [6.07, 6.45) is 4.25. The van der Waals surface area contributed by atoms with Gasteiger partial charge in [-0.25, -0.2) is 0 Å². The van der Waals surface area contributed by atoms with Crippen molar-refractivity contribution in [3.05, 3.63) is 35.4 Å². The number of fused-ring (bicyclic) bond motifs is 2. The van der Waals surface area contributed by atoms with Crippen molar-refractivity contribution in [3.8, 4) is 0 Å². The average molecular weight is 243 g/mol. The molecule has 0 aliphatic heterocycles. The molecule has 0 saturated heterocycles. The summed E-state index contributed by atoms with van der Waals surface area (Å²) in [4.78, 5) is 0. The van der Waals surface area contributed by atoms with Crippen molar-refractivity contribution < 1.29 is 0 Å². The fraction of sp³-hybridized carbons (Fsp3) is 0.647. The number of benzene rings is 1. The van der Waals surface area contributed by atoms with Crippen LogP contribution in [-0.4, -0.2) is 6.04 Å². The molecule has 3 aliphatic carbocycles. The summed E-state index contributed by atoms with van der Waals surface area (Å²) in [6.45, 7) is 8.17. The first-order chi connectivity index (χ1) is 8.57. The number of hydrogen-bond acceptors (Lipinski definition) is 1. The van der Waals surface area contributed by atoms with E-state index in [1.54, 1.807) is 0 Å². The Hall–Kier alpha value is -0.820. The number of rotatable bonds is 3. The van der Waals surface area contributed by atoms with Gasteiger partial charge in [0, 0.05) is 12.6 Å². The second-order valence-electron chi connectivity index (χ2n) is 6.93. The van der Waals surface area contributed by atoms with E-state index in [1.165, 1.54) is 30.4 Å². The molecule has 1 nitrogen and oxygen atoms in total. The maximum atomic E-state index is 3.78. The maximum Gasteiger partial charge on any atom is 0.0210 e. The monoisotopic (exact) mass is 243 g/mol. The minimum Gasteiger partial charge on any atom is -0.310 e. The van der Waals surface area contributed by atoms with Gasteiger partial charge in [-0.15, -0.1) is 0 Å². The fourth-order valence-corrected chi connectivity index (χ4v) is 3.94. The van der Waals surface area contributed by atoms with Gasteiger partial charge in [0.25, 0.3) is 0 Å². The molecule has 1 N–H and O–H groups in total. The molecular weight excluding hydrogens is 218 g/mol. The van der Waals surface area contributed by atoms with Crippen molar-refractivity contribution in [3.63, 3.8) is 0 Å². The lowest BCUT2D eigenvalue weighted by Gasteiger charge is -2.59. The Balaban J connectivity index is 1.56. The van der Waals surface area contributed by atoms with E-state index in [0.717, 1.165) is 24.4 Å². The van der Waals surface area contributed by atoms with Crippen LogP contribution >= 0.6 is 0 Å². The Morgan fingerprint density at radius 2 is 1.78 bits per heavy atom. The quantitative estimate of drug-likeness (QED) is 0.848. The van der Waals surface area contributed by atoms with Gasteiger partial charge in [-0.2, -0.15) is 0 Å². The molecule has 2 bridgehead atoms. The Labute approximate surface area is 111 Å². The largest absolute Gasteiger partial charge is 0.310 e. The number of nitrogens with one attached hydrogen (secondary N) is 1. The van der Waals surface area contributed by atoms with Crippen molar-refractivity contribution in [1.82, 2.24) is 5.32 Å². The van der Waals surface area contributed by atoms with Crippen LogP contribution in [0.2, 0.25) is 0 Å². The van der Waals surface area contributed by atoms with Crippen molar-refractivity contribution in [1.29, 1.82) is 0 Å². The molecule has 3 aliphatic rings. The van der Waals surface area contributed by atoms with Crippen LogP contribution in [0.1, 0.15) is 44.2 Å². The van der Waals surface area contributed by atoms with Crippen LogP contribution in [0.25, 0.3) is 0 Å². The molecule has 0 aromatic heterocycles. The van der Waals surface area contributed by atoms with E-state index in [4.69, 9.17) is 0 Å². The number of aryl methyl sites for hydroxylation is 1. The lowest BCUT2D eigenvalue weighted by molar-refractivity contribution is -0.0787. The van der Waals surface area contributed by atoms with Crippen LogP contribution < -0.4 is 5.32 Å². The lowest BCUT2D eigenvalue weighted by Crippen LogP contribution is -2.55. The topological polar surface area (TPSA) is 12.0 Å². The first kappa shape index (κ1) is 12.2. The molecular formula is C17H25N. The second kappa shape index (κ2) is 4.38. The third-order valence-electron chi connectivity index (χ3n) is 5.65. The van der Waals surface area contributed by atoms with Gasteiger partial charge < -0.3 is 5.32 Å². The molecule has 4 rings (SSSR count). The summed E-state index contributed by atoms with van der Waals surface area (Å²) >= 11 is 0. The van der Waals surface area contributed by atoms with Gasteiger partial charge in [0.15, 0.2) is 0 Å². The molecule has 3 saturated carbocycles. The first-order valence-corrected chi connectivity index (χ1v) is 7.35. The molecule has 0 spiro atoms. The van der Waals surface area contributed by atoms with E-state index in [1.807, 2.05) is 0 Å². The Morgan fingerprint density at radius 1 is 1.11 bits per heavy atom.